The van der Waals surface area contributed by atoms with Crippen LogP contribution in [-0.2, 0) is 0 Å². The Morgan fingerprint density at radius 2 is 1.89 bits per heavy atom. The predicted octanol–water partition coefficient (Wildman–Crippen LogP) is 3.52. The van der Waals surface area contributed by atoms with Crippen LogP contribution >= 0.6 is 11.6 Å². The topological polar surface area (TPSA) is 29.0 Å². The van der Waals surface area contributed by atoms with Gasteiger partial charge in [0.1, 0.15) is 5.82 Å². The van der Waals surface area contributed by atoms with Gasteiger partial charge in [-0.05, 0) is 42.5 Å². The first-order valence-electron chi connectivity index (χ1n) is 6.41. The molecule has 1 fully saturated rings. The summed E-state index contributed by atoms with van der Waals surface area (Å²) in [6, 6.07) is 8.06. The van der Waals surface area contributed by atoms with Crippen LogP contribution in [0.2, 0.25) is 5.28 Å². The van der Waals surface area contributed by atoms with E-state index in [4.69, 9.17) is 11.6 Å². The van der Waals surface area contributed by atoms with Crippen LogP contribution < -0.4 is 4.90 Å². The Hall–Kier alpha value is -1.35. The molecule has 0 amide bonds. The number of benzene rings is 1. The molecular formula is C14H16ClN3. The zero-order valence-electron chi connectivity index (χ0n) is 10.4. The summed E-state index contributed by atoms with van der Waals surface area (Å²) < 4.78 is 0. The second-order valence-corrected chi connectivity index (χ2v) is 5.34. The summed E-state index contributed by atoms with van der Waals surface area (Å²) in [6.07, 6.45) is 2.44. The molecule has 1 aromatic carbocycles. The van der Waals surface area contributed by atoms with Gasteiger partial charge in [-0.15, -0.1) is 0 Å². The minimum absolute atomic E-state index is 0.335. The van der Waals surface area contributed by atoms with Gasteiger partial charge < -0.3 is 4.90 Å². The van der Waals surface area contributed by atoms with Gasteiger partial charge in [0.25, 0.3) is 0 Å². The molecule has 1 aliphatic rings. The average molecular weight is 262 g/mol. The Labute approximate surface area is 112 Å². The first-order valence-corrected chi connectivity index (χ1v) is 6.79. The number of aromatic nitrogens is 2. The molecular weight excluding hydrogens is 246 g/mol. The summed E-state index contributed by atoms with van der Waals surface area (Å²) in [5, 5.41) is 1.43. The van der Waals surface area contributed by atoms with Crippen molar-refractivity contribution in [2.75, 3.05) is 18.0 Å². The summed E-state index contributed by atoms with van der Waals surface area (Å²) in [5.74, 6) is 1.79. The van der Waals surface area contributed by atoms with Crippen molar-refractivity contribution in [2.24, 2.45) is 5.92 Å². The van der Waals surface area contributed by atoms with Gasteiger partial charge in [0.15, 0.2) is 0 Å². The molecule has 94 valence electrons. The first kappa shape index (κ1) is 11.7. The molecule has 2 aromatic rings. The summed E-state index contributed by atoms with van der Waals surface area (Å²) in [4.78, 5) is 11.0. The van der Waals surface area contributed by atoms with E-state index in [9.17, 15) is 0 Å². The van der Waals surface area contributed by atoms with Gasteiger partial charge in [0.05, 0.1) is 5.52 Å². The average Bonchev–Trinajstić information content (AvgIpc) is 2.38. The van der Waals surface area contributed by atoms with Crippen LogP contribution in [0.1, 0.15) is 19.8 Å². The molecule has 0 saturated carbocycles. The number of anilines is 1. The van der Waals surface area contributed by atoms with E-state index < -0.39 is 0 Å². The van der Waals surface area contributed by atoms with E-state index in [0.717, 1.165) is 35.7 Å². The van der Waals surface area contributed by atoms with Crippen molar-refractivity contribution in [3.05, 3.63) is 29.5 Å². The number of nitrogens with zero attached hydrogens (tertiary/aromatic N) is 3. The zero-order valence-corrected chi connectivity index (χ0v) is 11.2. The van der Waals surface area contributed by atoms with E-state index in [1.54, 1.807) is 0 Å². The minimum Gasteiger partial charge on any atom is -0.356 e. The third-order valence-corrected chi connectivity index (χ3v) is 3.81. The Morgan fingerprint density at radius 3 is 2.67 bits per heavy atom. The van der Waals surface area contributed by atoms with Crippen molar-refractivity contribution >= 4 is 28.3 Å². The van der Waals surface area contributed by atoms with Crippen LogP contribution in [0.25, 0.3) is 10.9 Å². The Morgan fingerprint density at radius 1 is 1.17 bits per heavy atom. The molecule has 0 atom stereocenters. The maximum absolute atomic E-state index is 6.02. The lowest BCUT2D eigenvalue weighted by Gasteiger charge is -2.31. The van der Waals surface area contributed by atoms with Crippen LogP contribution in [0.4, 0.5) is 5.82 Å². The number of rotatable bonds is 1. The van der Waals surface area contributed by atoms with Crippen molar-refractivity contribution in [2.45, 2.75) is 19.8 Å². The molecule has 0 unspecified atom stereocenters. The van der Waals surface area contributed by atoms with Gasteiger partial charge >= 0.3 is 0 Å². The predicted molar refractivity (Wildman–Crippen MR) is 75.2 cm³/mol. The van der Waals surface area contributed by atoms with Gasteiger partial charge in [0, 0.05) is 18.5 Å². The molecule has 0 radical (unpaired) electrons. The number of piperidine rings is 1. The van der Waals surface area contributed by atoms with E-state index in [0.29, 0.717) is 5.28 Å². The van der Waals surface area contributed by atoms with Crippen LogP contribution in [-0.4, -0.2) is 23.1 Å². The molecule has 3 nitrogen and oxygen atoms in total. The van der Waals surface area contributed by atoms with Crippen molar-refractivity contribution in [3.63, 3.8) is 0 Å². The van der Waals surface area contributed by atoms with E-state index in [-0.39, 0.29) is 0 Å². The molecule has 1 aromatic heterocycles. The second-order valence-electron chi connectivity index (χ2n) is 5.00. The van der Waals surface area contributed by atoms with Gasteiger partial charge in [-0.3, -0.25) is 0 Å². The van der Waals surface area contributed by atoms with Crippen LogP contribution in [0.5, 0.6) is 0 Å². The molecule has 1 aliphatic heterocycles. The summed E-state index contributed by atoms with van der Waals surface area (Å²) >= 11 is 6.02. The highest BCUT2D eigenvalue weighted by molar-refractivity contribution is 6.28. The van der Waals surface area contributed by atoms with Crippen LogP contribution in [0.3, 0.4) is 0 Å². The monoisotopic (exact) mass is 261 g/mol. The van der Waals surface area contributed by atoms with Gasteiger partial charge in [0.2, 0.25) is 5.28 Å². The third kappa shape index (κ3) is 2.15. The minimum atomic E-state index is 0.335. The van der Waals surface area contributed by atoms with Gasteiger partial charge in [-0.2, -0.15) is 4.98 Å². The van der Waals surface area contributed by atoms with E-state index in [1.165, 1.54) is 12.8 Å². The SMILES string of the molecule is CC1CCN(c2nc(Cl)nc3ccccc23)CC1. The van der Waals surface area contributed by atoms with Crippen molar-refractivity contribution in [3.8, 4) is 0 Å². The maximum atomic E-state index is 6.02. The third-order valence-electron chi connectivity index (χ3n) is 3.64. The van der Waals surface area contributed by atoms with Crippen molar-refractivity contribution in [1.82, 2.24) is 9.97 Å². The van der Waals surface area contributed by atoms with Crippen molar-refractivity contribution < 1.29 is 0 Å². The van der Waals surface area contributed by atoms with Crippen LogP contribution in [0.15, 0.2) is 24.3 Å². The van der Waals surface area contributed by atoms with Crippen LogP contribution in [0, 0.1) is 5.92 Å². The number of hydrogen-bond acceptors (Lipinski definition) is 3. The lowest BCUT2D eigenvalue weighted by Crippen LogP contribution is -2.33. The fourth-order valence-corrected chi connectivity index (χ4v) is 2.66. The van der Waals surface area contributed by atoms with E-state index >= 15 is 0 Å². The van der Waals surface area contributed by atoms with Gasteiger partial charge in [-0.1, -0.05) is 19.1 Å². The molecule has 1 saturated heterocycles. The lowest BCUT2D eigenvalue weighted by atomic mass is 9.99. The quantitative estimate of drug-likeness (QED) is 0.736. The Bertz CT molecular complexity index is 562. The number of halogens is 1. The summed E-state index contributed by atoms with van der Waals surface area (Å²) in [5.41, 5.74) is 0.922. The fourth-order valence-electron chi connectivity index (χ4n) is 2.49. The first-order chi connectivity index (χ1) is 8.74. The molecule has 4 heteroatoms. The lowest BCUT2D eigenvalue weighted by molar-refractivity contribution is 0.437. The van der Waals surface area contributed by atoms with Crippen molar-refractivity contribution in [1.29, 1.82) is 0 Å². The molecule has 0 N–H and O–H groups in total. The highest BCUT2D eigenvalue weighted by atomic mass is 35.5. The summed E-state index contributed by atoms with van der Waals surface area (Å²) in [6.45, 7) is 4.42. The zero-order chi connectivity index (χ0) is 12.5. The molecule has 2 heterocycles. The fraction of sp³-hybridized carbons (Fsp3) is 0.429. The second kappa shape index (κ2) is 4.73. The summed E-state index contributed by atoms with van der Waals surface area (Å²) in [7, 11) is 0. The van der Waals surface area contributed by atoms with E-state index in [2.05, 4.69) is 27.9 Å². The molecule has 18 heavy (non-hydrogen) atoms. The highest BCUT2D eigenvalue weighted by Gasteiger charge is 2.19. The number of fused-ring (bicyclic) bond motifs is 1. The smallest absolute Gasteiger partial charge is 0.224 e. The highest BCUT2D eigenvalue weighted by Crippen LogP contribution is 2.28. The maximum Gasteiger partial charge on any atom is 0.224 e. The van der Waals surface area contributed by atoms with E-state index in [1.807, 2.05) is 18.2 Å². The molecule has 0 aliphatic carbocycles. The molecule has 3 rings (SSSR count). The Kier molecular flexibility index (Phi) is 3.08. The number of para-hydroxylation sites is 1. The molecule has 0 bridgehead atoms. The largest absolute Gasteiger partial charge is 0.356 e. The Balaban J connectivity index is 2.05. The normalized spacial score (nSPS) is 17.3. The standard InChI is InChI=1S/C14H16ClN3/c1-10-6-8-18(9-7-10)13-11-4-2-3-5-12(11)16-14(15)17-13/h2-5,10H,6-9H2,1H3. The van der Waals surface area contributed by atoms with Gasteiger partial charge in [-0.25, -0.2) is 4.98 Å². The number of hydrogen-bond donors (Lipinski definition) is 0. The molecule has 0 spiro atoms.